The third-order valence-corrected chi connectivity index (χ3v) is 4.74. The van der Waals surface area contributed by atoms with Crippen LogP contribution in [-0.2, 0) is 11.3 Å². The maximum atomic E-state index is 13.1. The number of amides is 1. The molecule has 27 heavy (non-hydrogen) atoms. The average molecular weight is 368 g/mol. The maximum absolute atomic E-state index is 13.1. The summed E-state index contributed by atoms with van der Waals surface area (Å²) in [5.74, 6) is 0.528. The Morgan fingerprint density at radius 1 is 1.26 bits per heavy atom. The molecule has 3 aromatic heterocycles. The monoisotopic (exact) mass is 368 g/mol. The van der Waals surface area contributed by atoms with E-state index in [0.29, 0.717) is 19.7 Å². The molecule has 1 saturated heterocycles. The fraction of sp³-hybridized carbons (Fsp3) is 0.389. The highest BCUT2D eigenvalue weighted by atomic mass is 16.5. The van der Waals surface area contributed by atoms with Crippen molar-refractivity contribution >= 4 is 11.6 Å². The van der Waals surface area contributed by atoms with Crippen LogP contribution in [0.5, 0.6) is 0 Å². The molecule has 1 aliphatic heterocycles. The minimum atomic E-state index is -0.259. The van der Waals surface area contributed by atoms with Gasteiger partial charge in [0.2, 0.25) is 0 Å². The van der Waals surface area contributed by atoms with Crippen molar-refractivity contribution in [3.63, 3.8) is 0 Å². The van der Waals surface area contributed by atoms with Gasteiger partial charge in [0.25, 0.3) is 11.5 Å². The van der Waals surface area contributed by atoms with Crippen LogP contribution in [0.4, 0.5) is 0 Å². The van der Waals surface area contributed by atoms with Crippen molar-refractivity contribution in [2.24, 2.45) is 0 Å². The predicted molar refractivity (Wildman–Crippen MR) is 96.4 cm³/mol. The van der Waals surface area contributed by atoms with Gasteiger partial charge in [0, 0.05) is 25.9 Å². The van der Waals surface area contributed by atoms with Gasteiger partial charge in [0.1, 0.15) is 5.69 Å². The molecule has 0 aromatic carbocycles. The molecule has 9 nitrogen and oxygen atoms in total. The number of fused-ring (bicyclic) bond motifs is 1. The summed E-state index contributed by atoms with van der Waals surface area (Å²) in [5, 5.41) is 12.7. The molecular formula is C18H20N6O3. The Hall–Kier alpha value is -3.07. The molecule has 1 unspecified atom stereocenters. The third kappa shape index (κ3) is 3.21. The number of ether oxygens (including phenoxy) is 1. The van der Waals surface area contributed by atoms with Crippen LogP contribution in [0.25, 0.3) is 5.65 Å². The Kier molecular flexibility index (Phi) is 4.68. The zero-order valence-corrected chi connectivity index (χ0v) is 15.0. The summed E-state index contributed by atoms with van der Waals surface area (Å²) < 4.78 is 8.16. The molecule has 3 aromatic rings. The van der Waals surface area contributed by atoms with Crippen LogP contribution < -0.4 is 5.56 Å². The Labute approximate surface area is 155 Å². The normalized spacial score (nSPS) is 16.9. The molecule has 0 saturated carbocycles. The molecule has 1 atom stereocenters. The van der Waals surface area contributed by atoms with Gasteiger partial charge in [-0.3, -0.25) is 14.0 Å². The van der Waals surface area contributed by atoms with E-state index in [1.807, 2.05) is 28.8 Å². The van der Waals surface area contributed by atoms with Crippen molar-refractivity contribution in [1.29, 1.82) is 0 Å². The molecule has 140 valence electrons. The summed E-state index contributed by atoms with van der Waals surface area (Å²) in [6.45, 7) is 1.27. The van der Waals surface area contributed by atoms with Gasteiger partial charge in [-0.05, 0) is 31.0 Å². The number of hydrogen-bond donors (Lipinski definition) is 0. The Balaban J connectivity index is 1.64. The first-order chi connectivity index (χ1) is 13.2. The SMILES string of the molecule is COCCn1nc(C(=O)N2CCCC2c2nnc3ccccn23)ccc1=O. The van der Waals surface area contributed by atoms with Crippen molar-refractivity contribution in [3.8, 4) is 0 Å². The van der Waals surface area contributed by atoms with E-state index in [1.54, 1.807) is 12.0 Å². The average Bonchev–Trinajstić information content (AvgIpc) is 3.33. The molecule has 0 bridgehead atoms. The van der Waals surface area contributed by atoms with E-state index in [9.17, 15) is 9.59 Å². The van der Waals surface area contributed by atoms with Crippen molar-refractivity contribution in [3.05, 3.63) is 58.4 Å². The highest BCUT2D eigenvalue weighted by molar-refractivity contribution is 5.92. The van der Waals surface area contributed by atoms with Gasteiger partial charge >= 0.3 is 0 Å². The minimum Gasteiger partial charge on any atom is -0.383 e. The molecule has 1 fully saturated rings. The molecule has 0 radical (unpaired) electrons. The van der Waals surface area contributed by atoms with Crippen molar-refractivity contribution in [2.45, 2.75) is 25.4 Å². The number of methoxy groups -OCH3 is 1. The first-order valence-corrected chi connectivity index (χ1v) is 8.87. The van der Waals surface area contributed by atoms with Gasteiger partial charge in [-0.15, -0.1) is 10.2 Å². The molecule has 1 aliphatic rings. The first kappa shape index (κ1) is 17.3. The number of likely N-dealkylation sites (tertiary alicyclic amines) is 1. The van der Waals surface area contributed by atoms with Gasteiger partial charge < -0.3 is 9.64 Å². The Bertz CT molecular complexity index is 1030. The van der Waals surface area contributed by atoms with Crippen LogP contribution in [0.3, 0.4) is 0 Å². The van der Waals surface area contributed by atoms with E-state index in [1.165, 1.54) is 16.8 Å². The fourth-order valence-electron chi connectivity index (χ4n) is 3.41. The molecule has 9 heteroatoms. The largest absolute Gasteiger partial charge is 0.383 e. The van der Waals surface area contributed by atoms with Crippen molar-refractivity contribution in [2.75, 3.05) is 20.3 Å². The van der Waals surface area contributed by atoms with E-state index >= 15 is 0 Å². The number of aromatic nitrogens is 5. The van der Waals surface area contributed by atoms with E-state index in [0.717, 1.165) is 24.3 Å². The van der Waals surface area contributed by atoms with Gasteiger partial charge in [0.15, 0.2) is 11.5 Å². The van der Waals surface area contributed by atoms with Crippen LogP contribution in [0, 0.1) is 0 Å². The molecule has 1 amide bonds. The zero-order chi connectivity index (χ0) is 18.8. The lowest BCUT2D eigenvalue weighted by Gasteiger charge is -2.23. The van der Waals surface area contributed by atoms with Crippen LogP contribution in [0.1, 0.15) is 35.2 Å². The first-order valence-electron chi connectivity index (χ1n) is 8.87. The zero-order valence-electron chi connectivity index (χ0n) is 15.0. The quantitative estimate of drug-likeness (QED) is 0.664. The number of carbonyl (C=O) groups excluding carboxylic acids is 1. The highest BCUT2D eigenvalue weighted by Crippen LogP contribution is 2.31. The van der Waals surface area contributed by atoms with E-state index in [2.05, 4.69) is 15.3 Å². The maximum Gasteiger partial charge on any atom is 0.274 e. The van der Waals surface area contributed by atoms with Crippen LogP contribution in [0.2, 0.25) is 0 Å². The van der Waals surface area contributed by atoms with E-state index < -0.39 is 0 Å². The van der Waals surface area contributed by atoms with Gasteiger partial charge in [-0.25, -0.2) is 4.68 Å². The van der Waals surface area contributed by atoms with E-state index in [4.69, 9.17) is 4.74 Å². The molecule has 4 rings (SSSR count). The third-order valence-electron chi connectivity index (χ3n) is 4.74. The van der Waals surface area contributed by atoms with Gasteiger partial charge in [-0.1, -0.05) is 6.07 Å². The topological polar surface area (TPSA) is 94.6 Å². The standard InChI is InChI=1S/C18H20N6O3/c1-27-12-11-24-16(25)8-7-13(21-24)18(26)22-10-4-5-14(22)17-20-19-15-6-2-3-9-23(15)17/h2-3,6-9,14H,4-5,10-12H2,1H3. The summed E-state index contributed by atoms with van der Waals surface area (Å²) in [5.41, 5.74) is 0.731. The van der Waals surface area contributed by atoms with Gasteiger partial charge in [0.05, 0.1) is 19.2 Å². The number of carbonyl (C=O) groups is 1. The lowest BCUT2D eigenvalue weighted by atomic mass is 10.2. The van der Waals surface area contributed by atoms with Crippen LogP contribution >= 0.6 is 0 Å². The van der Waals surface area contributed by atoms with Crippen LogP contribution in [0.15, 0.2) is 41.3 Å². The van der Waals surface area contributed by atoms with Crippen LogP contribution in [-0.4, -0.2) is 55.4 Å². The van der Waals surface area contributed by atoms with Crippen molar-refractivity contribution < 1.29 is 9.53 Å². The number of rotatable bonds is 5. The summed E-state index contributed by atoms with van der Waals surface area (Å²) in [6.07, 6.45) is 3.58. The minimum absolute atomic E-state index is 0.170. The molecule has 4 heterocycles. The van der Waals surface area contributed by atoms with Gasteiger partial charge in [-0.2, -0.15) is 5.10 Å². The molecule has 0 spiro atoms. The number of pyridine rings is 1. The fourth-order valence-corrected chi connectivity index (χ4v) is 3.41. The Morgan fingerprint density at radius 2 is 2.15 bits per heavy atom. The van der Waals surface area contributed by atoms with E-state index in [-0.39, 0.29) is 23.2 Å². The number of hydrogen-bond acceptors (Lipinski definition) is 6. The van der Waals surface area contributed by atoms with Crippen molar-refractivity contribution in [1.82, 2.24) is 29.3 Å². The summed E-state index contributed by atoms with van der Waals surface area (Å²) in [7, 11) is 1.55. The Morgan fingerprint density at radius 3 is 3.00 bits per heavy atom. The smallest absolute Gasteiger partial charge is 0.274 e. The predicted octanol–water partition coefficient (Wildman–Crippen LogP) is 0.910. The molecular weight excluding hydrogens is 348 g/mol. The summed E-state index contributed by atoms with van der Waals surface area (Å²) >= 11 is 0. The second-order valence-corrected chi connectivity index (χ2v) is 6.42. The lowest BCUT2D eigenvalue weighted by Crippen LogP contribution is -2.34. The molecule has 0 N–H and O–H groups in total. The summed E-state index contributed by atoms with van der Waals surface area (Å²) in [4.78, 5) is 26.8. The summed E-state index contributed by atoms with van der Waals surface area (Å²) in [6, 6.07) is 8.37. The second-order valence-electron chi connectivity index (χ2n) is 6.42. The highest BCUT2D eigenvalue weighted by Gasteiger charge is 2.34. The second kappa shape index (κ2) is 7.28. The lowest BCUT2D eigenvalue weighted by molar-refractivity contribution is 0.0719. The molecule has 0 aliphatic carbocycles. The number of nitrogens with zero attached hydrogens (tertiary/aromatic N) is 6.